The number of aryl methyl sites for hydroxylation is 1. The Morgan fingerprint density at radius 2 is 1.09 bits per heavy atom. The molecular formula is C66H45N3. The molecule has 14 rings (SSSR count). The summed E-state index contributed by atoms with van der Waals surface area (Å²) in [6.45, 7) is 0. The highest BCUT2D eigenvalue weighted by Gasteiger charge is 2.20. The van der Waals surface area contributed by atoms with E-state index in [1.165, 1.54) is 105 Å². The minimum absolute atomic E-state index is 0.897. The number of aromatic nitrogens is 3. The number of hydrogen-bond donors (Lipinski definition) is 0. The molecule has 0 N–H and O–H groups in total. The second-order valence-electron chi connectivity index (χ2n) is 18.7. The first-order valence-corrected chi connectivity index (χ1v) is 24.2. The van der Waals surface area contributed by atoms with Crippen LogP contribution in [0.1, 0.15) is 41.6 Å². The van der Waals surface area contributed by atoms with E-state index < -0.39 is 0 Å². The first-order chi connectivity index (χ1) is 34.2. The van der Waals surface area contributed by atoms with E-state index in [9.17, 15) is 0 Å². The van der Waals surface area contributed by atoms with Crippen molar-refractivity contribution in [3.05, 3.63) is 241 Å². The van der Waals surface area contributed by atoms with Gasteiger partial charge in [0.1, 0.15) is 0 Å². The molecule has 2 aromatic heterocycles. The highest BCUT2D eigenvalue weighted by atomic mass is 15.0. The van der Waals surface area contributed by atoms with Crippen LogP contribution in [0.3, 0.4) is 0 Å². The Kier molecular flexibility index (Phi) is 9.16. The summed E-state index contributed by atoms with van der Waals surface area (Å²) in [4.78, 5) is 11.0. The van der Waals surface area contributed by atoms with Crippen molar-refractivity contribution in [2.24, 2.45) is 0 Å². The Morgan fingerprint density at radius 3 is 1.91 bits per heavy atom. The van der Waals surface area contributed by atoms with Crippen molar-refractivity contribution in [3.8, 4) is 39.1 Å². The van der Waals surface area contributed by atoms with Gasteiger partial charge in [0.15, 0.2) is 0 Å². The molecule has 10 aromatic carbocycles. The van der Waals surface area contributed by atoms with Crippen molar-refractivity contribution < 1.29 is 0 Å². The van der Waals surface area contributed by atoms with E-state index in [0.717, 1.165) is 58.9 Å². The monoisotopic (exact) mass is 879 g/mol. The Bertz CT molecular complexity index is 4140. The van der Waals surface area contributed by atoms with Crippen LogP contribution in [0.25, 0.3) is 121 Å². The van der Waals surface area contributed by atoms with Gasteiger partial charge in [0, 0.05) is 27.2 Å². The number of rotatable bonds is 6. The molecule has 324 valence electrons. The maximum absolute atomic E-state index is 5.65. The van der Waals surface area contributed by atoms with Crippen LogP contribution >= 0.6 is 0 Å². The predicted molar refractivity (Wildman–Crippen MR) is 292 cm³/mol. The summed E-state index contributed by atoms with van der Waals surface area (Å²) >= 11 is 0. The lowest BCUT2D eigenvalue weighted by molar-refractivity contribution is 0.986. The van der Waals surface area contributed by atoms with Gasteiger partial charge in [-0.15, -0.1) is 0 Å². The normalized spacial score (nSPS) is 13.7. The van der Waals surface area contributed by atoms with Gasteiger partial charge in [0.25, 0.3) is 0 Å². The average molecular weight is 880 g/mol. The SMILES string of the molecule is C1=Cc2c(cccc2-c2ccc3c4ccc(-c5cccc6ccccc56)cc4c4nc(C5=CC(c6cccc(-c7cccc(-n8c9ccccc9c9ccccc98)c7)c6)=CCC5)cnc4c3c2)CC1. The molecular weight excluding hydrogens is 835 g/mol. The zero-order valence-corrected chi connectivity index (χ0v) is 38.0. The molecule has 0 saturated heterocycles. The Hall–Kier alpha value is -8.66. The molecule has 3 nitrogen and oxygen atoms in total. The number of allylic oxidation sites excluding steroid dienone is 5. The van der Waals surface area contributed by atoms with E-state index in [-0.39, 0.29) is 0 Å². The topological polar surface area (TPSA) is 30.7 Å². The van der Waals surface area contributed by atoms with Gasteiger partial charge in [-0.05, 0) is 157 Å². The van der Waals surface area contributed by atoms with Crippen molar-refractivity contribution in [1.29, 1.82) is 0 Å². The number of hydrogen-bond acceptors (Lipinski definition) is 2. The van der Waals surface area contributed by atoms with Crippen molar-refractivity contribution in [1.82, 2.24) is 14.5 Å². The maximum Gasteiger partial charge on any atom is 0.0979 e. The second-order valence-corrected chi connectivity index (χ2v) is 18.7. The molecule has 69 heavy (non-hydrogen) atoms. The van der Waals surface area contributed by atoms with Gasteiger partial charge >= 0.3 is 0 Å². The predicted octanol–water partition coefficient (Wildman–Crippen LogP) is 17.4. The molecule has 0 spiro atoms. The van der Waals surface area contributed by atoms with Crippen LogP contribution in [0, 0.1) is 0 Å². The lowest BCUT2D eigenvalue weighted by Gasteiger charge is -2.18. The Balaban J connectivity index is 0.885. The van der Waals surface area contributed by atoms with E-state index >= 15 is 0 Å². The molecule has 0 saturated carbocycles. The van der Waals surface area contributed by atoms with Gasteiger partial charge in [0.2, 0.25) is 0 Å². The third-order valence-electron chi connectivity index (χ3n) is 14.7. The van der Waals surface area contributed by atoms with E-state index in [4.69, 9.17) is 9.97 Å². The van der Waals surface area contributed by atoms with Crippen LogP contribution in [0.4, 0.5) is 0 Å². The zero-order chi connectivity index (χ0) is 45.4. The lowest BCUT2D eigenvalue weighted by atomic mass is 9.88. The van der Waals surface area contributed by atoms with Gasteiger partial charge in [-0.1, -0.05) is 170 Å². The molecule has 0 unspecified atom stereocenters. The third kappa shape index (κ3) is 6.57. The minimum atomic E-state index is 0.897. The van der Waals surface area contributed by atoms with Gasteiger partial charge in [-0.2, -0.15) is 0 Å². The fourth-order valence-electron chi connectivity index (χ4n) is 11.4. The van der Waals surface area contributed by atoms with Crippen molar-refractivity contribution >= 4 is 82.4 Å². The highest BCUT2D eigenvalue weighted by molar-refractivity contribution is 6.24. The van der Waals surface area contributed by atoms with Gasteiger partial charge in [-0.25, -0.2) is 4.98 Å². The lowest BCUT2D eigenvalue weighted by Crippen LogP contribution is -1.99. The van der Waals surface area contributed by atoms with E-state index in [1.807, 2.05) is 6.20 Å². The van der Waals surface area contributed by atoms with Crippen LogP contribution < -0.4 is 0 Å². The molecule has 2 aliphatic rings. The molecule has 0 bridgehead atoms. The van der Waals surface area contributed by atoms with Crippen molar-refractivity contribution in [2.45, 2.75) is 25.7 Å². The maximum atomic E-state index is 5.65. The van der Waals surface area contributed by atoms with Crippen LogP contribution in [0.5, 0.6) is 0 Å². The van der Waals surface area contributed by atoms with Crippen LogP contribution in [0.15, 0.2) is 219 Å². The summed E-state index contributed by atoms with van der Waals surface area (Å²) in [5.41, 5.74) is 20.0. The fourth-order valence-corrected chi connectivity index (χ4v) is 11.4. The molecule has 2 aliphatic carbocycles. The molecule has 3 heteroatoms. The number of para-hydroxylation sites is 2. The Morgan fingerprint density at radius 1 is 0.435 bits per heavy atom. The fraction of sp³-hybridized carbons (Fsp3) is 0.0606. The summed E-state index contributed by atoms with van der Waals surface area (Å²) in [5.74, 6) is 0. The zero-order valence-electron chi connectivity index (χ0n) is 38.0. The van der Waals surface area contributed by atoms with Crippen LogP contribution in [0.2, 0.25) is 0 Å². The number of fused-ring (bicyclic) bond motifs is 11. The third-order valence-corrected chi connectivity index (χ3v) is 14.7. The largest absolute Gasteiger partial charge is 0.309 e. The number of nitrogens with zero attached hydrogens (tertiary/aromatic N) is 3. The molecule has 0 fully saturated rings. The van der Waals surface area contributed by atoms with E-state index in [2.05, 4.69) is 223 Å². The summed E-state index contributed by atoms with van der Waals surface area (Å²) < 4.78 is 2.39. The molecule has 0 amide bonds. The second kappa shape index (κ2) is 16.0. The molecule has 0 aliphatic heterocycles. The molecule has 0 radical (unpaired) electrons. The molecule has 12 aromatic rings. The average Bonchev–Trinajstić information content (AvgIpc) is 3.77. The van der Waals surface area contributed by atoms with Gasteiger partial charge in [-0.3, -0.25) is 4.98 Å². The minimum Gasteiger partial charge on any atom is -0.309 e. The summed E-state index contributed by atoms with van der Waals surface area (Å²) in [7, 11) is 0. The highest BCUT2D eigenvalue weighted by Crippen LogP contribution is 2.42. The standard InChI is InChI=1S/C66H45N3/c1-3-24-52-42(14-1)16-12-28-54(52)48-32-34-56-57-35-33-49(55-29-13-17-43-15-2-4-25-53(43)55)40-61(57)66-65(60(56)39-48)67-41-62(68-66)50-22-10-20-46(37-50)44-18-9-19-45(36-44)47-21-11-23-51(38-47)69-63-30-7-5-26-58(63)59-27-6-8-31-64(59)69/h2-9,11-13,15-21,23-41H,1,10,14,22H2. The number of benzene rings is 10. The Labute approximate surface area is 400 Å². The summed E-state index contributed by atoms with van der Waals surface area (Å²) in [6.07, 6.45) is 15.3. The van der Waals surface area contributed by atoms with E-state index in [1.54, 1.807) is 0 Å². The molecule has 0 atom stereocenters. The van der Waals surface area contributed by atoms with Crippen molar-refractivity contribution in [3.63, 3.8) is 0 Å². The first kappa shape index (κ1) is 39.5. The van der Waals surface area contributed by atoms with E-state index in [0.29, 0.717) is 0 Å². The summed E-state index contributed by atoms with van der Waals surface area (Å²) in [6, 6.07) is 71.3. The smallest absolute Gasteiger partial charge is 0.0979 e. The van der Waals surface area contributed by atoms with Crippen molar-refractivity contribution in [2.75, 3.05) is 0 Å². The van der Waals surface area contributed by atoms with Gasteiger partial charge < -0.3 is 4.57 Å². The summed E-state index contributed by atoms with van der Waals surface area (Å²) in [5, 5.41) is 9.63. The van der Waals surface area contributed by atoms with Crippen LogP contribution in [-0.2, 0) is 6.42 Å². The van der Waals surface area contributed by atoms with Gasteiger partial charge in [0.05, 0.1) is 34.0 Å². The van der Waals surface area contributed by atoms with Crippen LogP contribution in [-0.4, -0.2) is 14.5 Å². The molecule has 2 heterocycles. The first-order valence-electron chi connectivity index (χ1n) is 24.2. The quantitative estimate of drug-likeness (QED) is 0.156.